The van der Waals surface area contributed by atoms with E-state index in [-0.39, 0.29) is 23.7 Å². The van der Waals surface area contributed by atoms with E-state index in [2.05, 4.69) is 26.1 Å². The van der Waals surface area contributed by atoms with Crippen molar-refractivity contribution in [2.45, 2.75) is 13.5 Å². The number of carbonyl (C=O) groups is 1. The van der Waals surface area contributed by atoms with Crippen LogP contribution in [0, 0.1) is 17.0 Å². The average molecular weight is 418 g/mol. The monoisotopic (exact) mass is 417 g/mol. The van der Waals surface area contributed by atoms with Crippen molar-refractivity contribution in [3.63, 3.8) is 0 Å². The quantitative estimate of drug-likeness (QED) is 0.349. The van der Waals surface area contributed by atoms with Gasteiger partial charge in [-0.3, -0.25) is 10.1 Å². The Hall–Kier alpha value is -3.07. The van der Waals surface area contributed by atoms with Gasteiger partial charge in [0.1, 0.15) is 5.56 Å². The van der Waals surface area contributed by atoms with Gasteiger partial charge in [0.05, 0.1) is 4.92 Å². The number of hydrogen-bond donors (Lipinski definition) is 0. The summed E-state index contributed by atoms with van der Waals surface area (Å²) in [6, 6.07) is 11.7. The van der Waals surface area contributed by atoms with E-state index in [1.54, 1.807) is 13.0 Å². The number of hydrogen-bond acceptors (Lipinski definition) is 7. The van der Waals surface area contributed by atoms with Gasteiger partial charge in [-0.2, -0.15) is 4.98 Å². The zero-order valence-corrected chi connectivity index (χ0v) is 15.1. The highest BCUT2D eigenvalue weighted by molar-refractivity contribution is 9.10. The molecule has 0 N–H and O–H groups in total. The molecule has 132 valence electrons. The molecule has 3 aromatic rings. The molecule has 0 fully saturated rings. The summed E-state index contributed by atoms with van der Waals surface area (Å²) in [5.41, 5.74) is 0.777. The first-order valence-electron chi connectivity index (χ1n) is 7.45. The Morgan fingerprint density at radius 2 is 2.08 bits per heavy atom. The molecule has 0 saturated heterocycles. The number of aryl methyl sites for hydroxylation is 1. The largest absolute Gasteiger partial charge is 0.452 e. The number of benzene rings is 2. The Kier molecular flexibility index (Phi) is 5.08. The number of nitrogens with zero attached hydrogens (tertiary/aromatic N) is 3. The molecule has 0 saturated carbocycles. The molecular formula is C17H12BrN3O5. The zero-order valence-electron chi connectivity index (χ0n) is 13.5. The number of carbonyl (C=O) groups excluding carboxylic acids is 1. The maximum Gasteiger partial charge on any atom is 0.345 e. The second-order valence-electron chi connectivity index (χ2n) is 5.32. The first kappa shape index (κ1) is 17.7. The summed E-state index contributed by atoms with van der Waals surface area (Å²) in [6.07, 6.45) is 0. The summed E-state index contributed by atoms with van der Waals surface area (Å²) < 4.78 is 11.0. The number of esters is 1. The molecule has 0 bridgehead atoms. The van der Waals surface area contributed by atoms with E-state index < -0.39 is 10.9 Å². The Bertz CT molecular complexity index is 986. The molecule has 0 aliphatic heterocycles. The van der Waals surface area contributed by atoms with Crippen LogP contribution in [-0.4, -0.2) is 21.0 Å². The summed E-state index contributed by atoms with van der Waals surface area (Å²) in [4.78, 5) is 26.9. The van der Waals surface area contributed by atoms with Crippen molar-refractivity contribution >= 4 is 27.6 Å². The third kappa shape index (κ3) is 3.77. The maximum absolute atomic E-state index is 12.3. The lowest BCUT2D eigenvalue weighted by Gasteiger charge is -2.05. The number of nitro groups is 1. The van der Waals surface area contributed by atoms with E-state index in [0.29, 0.717) is 11.4 Å². The molecule has 26 heavy (non-hydrogen) atoms. The number of halogens is 1. The number of aromatic nitrogens is 2. The second-order valence-corrected chi connectivity index (χ2v) is 6.24. The van der Waals surface area contributed by atoms with Crippen LogP contribution < -0.4 is 0 Å². The van der Waals surface area contributed by atoms with E-state index in [1.165, 1.54) is 12.1 Å². The van der Waals surface area contributed by atoms with Gasteiger partial charge >= 0.3 is 5.97 Å². The standard InChI is InChI=1S/C17H12BrN3O5/c1-10-4-2-7-13(21(23)24)15(10)17(22)25-9-14-19-16(20-26-14)11-5-3-6-12(18)8-11/h2-8H,9H2,1H3. The molecule has 8 nitrogen and oxygen atoms in total. The molecule has 1 aromatic heterocycles. The van der Waals surface area contributed by atoms with Crippen LogP contribution in [0.25, 0.3) is 11.4 Å². The van der Waals surface area contributed by atoms with E-state index in [1.807, 2.05) is 24.3 Å². The molecule has 0 amide bonds. The lowest BCUT2D eigenvalue weighted by Crippen LogP contribution is -2.10. The summed E-state index contributed by atoms with van der Waals surface area (Å²) >= 11 is 3.36. The summed E-state index contributed by atoms with van der Waals surface area (Å²) in [5, 5.41) is 14.9. The van der Waals surface area contributed by atoms with Gasteiger partial charge in [0.25, 0.3) is 11.6 Å². The van der Waals surface area contributed by atoms with E-state index in [4.69, 9.17) is 9.26 Å². The number of rotatable bonds is 5. The topological polar surface area (TPSA) is 108 Å². The van der Waals surface area contributed by atoms with Crippen molar-refractivity contribution in [2.75, 3.05) is 0 Å². The fraction of sp³-hybridized carbons (Fsp3) is 0.118. The Morgan fingerprint density at radius 3 is 2.81 bits per heavy atom. The minimum Gasteiger partial charge on any atom is -0.452 e. The minimum atomic E-state index is -0.822. The third-order valence-corrected chi connectivity index (χ3v) is 4.02. The summed E-state index contributed by atoms with van der Waals surface area (Å²) in [7, 11) is 0. The maximum atomic E-state index is 12.3. The smallest absolute Gasteiger partial charge is 0.345 e. The van der Waals surface area contributed by atoms with Gasteiger partial charge in [0, 0.05) is 16.1 Å². The van der Waals surface area contributed by atoms with Crippen molar-refractivity contribution in [2.24, 2.45) is 0 Å². The molecule has 9 heteroatoms. The van der Waals surface area contributed by atoms with Crippen molar-refractivity contribution in [1.29, 1.82) is 0 Å². The van der Waals surface area contributed by atoms with Crippen LogP contribution >= 0.6 is 15.9 Å². The first-order chi connectivity index (χ1) is 12.5. The molecule has 0 radical (unpaired) electrons. The molecule has 1 heterocycles. The molecule has 3 rings (SSSR count). The van der Waals surface area contributed by atoms with Gasteiger partial charge in [-0.1, -0.05) is 45.4 Å². The fourth-order valence-corrected chi connectivity index (χ4v) is 2.73. The SMILES string of the molecule is Cc1cccc([N+](=O)[O-])c1C(=O)OCc1nc(-c2cccc(Br)c2)no1. The van der Waals surface area contributed by atoms with E-state index in [9.17, 15) is 14.9 Å². The zero-order chi connectivity index (χ0) is 18.7. The van der Waals surface area contributed by atoms with Crippen LogP contribution in [-0.2, 0) is 11.3 Å². The summed E-state index contributed by atoms with van der Waals surface area (Å²) in [5.74, 6) is -0.388. The van der Waals surface area contributed by atoms with Gasteiger partial charge in [-0.05, 0) is 24.6 Å². The van der Waals surface area contributed by atoms with Gasteiger partial charge < -0.3 is 9.26 Å². The van der Waals surface area contributed by atoms with Crippen molar-refractivity contribution in [3.05, 3.63) is 74.1 Å². The Morgan fingerprint density at radius 1 is 1.31 bits per heavy atom. The van der Waals surface area contributed by atoms with Crippen LogP contribution in [0.15, 0.2) is 51.5 Å². The third-order valence-electron chi connectivity index (χ3n) is 3.53. The highest BCUT2D eigenvalue weighted by Gasteiger charge is 2.24. The van der Waals surface area contributed by atoms with Crippen LogP contribution in [0.4, 0.5) is 5.69 Å². The van der Waals surface area contributed by atoms with Crippen molar-refractivity contribution < 1.29 is 19.0 Å². The first-order valence-corrected chi connectivity index (χ1v) is 8.24. The van der Waals surface area contributed by atoms with Crippen LogP contribution in [0.1, 0.15) is 21.8 Å². The average Bonchev–Trinajstić information content (AvgIpc) is 3.08. The number of ether oxygens (including phenoxy) is 1. The minimum absolute atomic E-state index is 0.0876. The Labute approximate surface area is 156 Å². The van der Waals surface area contributed by atoms with Gasteiger partial charge in [-0.25, -0.2) is 4.79 Å². The predicted molar refractivity (Wildman–Crippen MR) is 94.4 cm³/mol. The second kappa shape index (κ2) is 7.44. The molecular weight excluding hydrogens is 406 g/mol. The molecule has 0 atom stereocenters. The number of nitro benzene ring substituents is 1. The lowest BCUT2D eigenvalue weighted by molar-refractivity contribution is -0.385. The normalized spacial score (nSPS) is 10.5. The highest BCUT2D eigenvalue weighted by atomic mass is 79.9. The van der Waals surface area contributed by atoms with Gasteiger partial charge in [0.15, 0.2) is 6.61 Å². The van der Waals surface area contributed by atoms with Crippen LogP contribution in [0.3, 0.4) is 0 Å². The molecule has 0 unspecified atom stereocenters. The molecule has 0 spiro atoms. The van der Waals surface area contributed by atoms with Crippen molar-refractivity contribution in [1.82, 2.24) is 10.1 Å². The van der Waals surface area contributed by atoms with Crippen LogP contribution in [0.5, 0.6) is 0 Å². The van der Waals surface area contributed by atoms with E-state index in [0.717, 1.165) is 10.0 Å². The van der Waals surface area contributed by atoms with Gasteiger partial charge in [0.2, 0.25) is 5.82 Å². The van der Waals surface area contributed by atoms with E-state index >= 15 is 0 Å². The van der Waals surface area contributed by atoms with Gasteiger partial charge in [-0.15, -0.1) is 0 Å². The lowest BCUT2D eigenvalue weighted by atomic mass is 10.1. The van der Waals surface area contributed by atoms with Crippen molar-refractivity contribution in [3.8, 4) is 11.4 Å². The molecule has 2 aromatic carbocycles. The predicted octanol–water partition coefficient (Wildman–Crippen LogP) is 4.07. The highest BCUT2D eigenvalue weighted by Crippen LogP contribution is 2.24. The summed E-state index contributed by atoms with van der Waals surface area (Å²) in [6.45, 7) is 1.31. The van der Waals surface area contributed by atoms with Crippen LogP contribution in [0.2, 0.25) is 0 Å². The molecule has 0 aliphatic rings. The fourth-order valence-electron chi connectivity index (χ4n) is 2.33. The molecule has 0 aliphatic carbocycles. The Balaban J connectivity index is 1.74.